The van der Waals surface area contributed by atoms with E-state index in [1.165, 1.54) is 18.4 Å². The second-order valence-electron chi connectivity index (χ2n) is 5.74. The van der Waals surface area contributed by atoms with Gasteiger partial charge in [-0.1, -0.05) is 36.8 Å². The first-order chi connectivity index (χ1) is 8.56. The van der Waals surface area contributed by atoms with Gasteiger partial charge in [0.2, 0.25) is 0 Å². The van der Waals surface area contributed by atoms with Gasteiger partial charge in [0.05, 0.1) is 6.54 Å². The predicted octanol–water partition coefficient (Wildman–Crippen LogP) is 3.30. The summed E-state index contributed by atoms with van der Waals surface area (Å²) in [7, 11) is 0. The summed E-state index contributed by atoms with van der Waals surface area (Å²) in [5.74, 6) is 1.04. The third-order valence-electron chi connectivity index (χ3n) is 4.00. The van der Waals surface area contributed by atoms with Crippen molar-refractivity contribution in [1.82, 2.24) is 4.90 Å². The molecule has 1 aromatic rings. The molecule has 1 aliphatic heterocycles. The van der Waals surface area contributed by atoms with Gasteiger partial charge in [0.1, 0.15) is 0 Å². The molecule has 18 heavy (non-hydrogen) atoms. The average molecular weight is 245 g/mol. The van der Waals surface area contributed by atoms with Crippen LogP contribution in [0.15, 0.2) is 24.3 Å². The molecule has 1 saturated heterocycles. The number of Topliss-reactive ketones (excluding diaryl/α,β-unsaturated/α-hetero) is 1. The Morgan fingerprint density at radius 3 is 2.56 bits per heavy atom. The first-order valence-corrected chi connectivity index (χ1v) is 6.90. The van der Waals surface area contributed by atoms with E-state index >= 15 is 0 Å². The number of carbonyl (C=O) groups excluding carboxylic acids is 1. The maximum absolute atomic E-state index is 12.2. The molecule has 1 heterocycles. The lowest BCUT2D eigenvalue weighted by molar-refractivity contribution is 0.0816. The summed E-state index contributed by atoms with van der Waals surface area (Å²) in [4.78, 5) is 14.5. The summed E-state index contributed by atoms with van der Waals surface area (Å²) in [5, 5.41) is 0. The van der Waals surface area contributed by atoms with E-state index in [4.69, 9.17) is 0 Å². The van der Waals surface area contributed by atoms with Gasteiger partial charge >= 0.3 is 0 Å². The highest BCUT2D eigenvalue weighted by Gasteiger charge is 2.24. The molecule has 98 valence electrons. The van der Waals surface area contributed by atoms with Gasteiger partial charge in [-0.15, -0.1) is 0 Å². The van der Waals surface area contributed by atoms with Crippen molar-refractivity contribution in [2.75, 3.05) is 13.1 Å². The van der Waals surface area contributed by atoms with Crippen LogP contribution in [-0.4, -0.2) is 29.8 Å². The summed E-state index contributed by atoms with van der Waals surface area (Å²) in [5.41, 5.74) is 2.04. The Labute approximate surface area is 110 Å². The number of likely N-dealkylation sites (tertiary alicyclic amines) is 1. The molecule has 2 unspecified atom stereocenters. The van der Waals surface area contributed by atoms with Crippen molar-refractivity contribution in [1.29, 1.82) is 0 Å². The van der Waals surface area contributed by atoms with Crippen LogP contribution in [0, 0.1) is 12.8 Å². The van der Waals surface area contributed by atoms with Crippen molar-refractivity contribution in [3.05, 3.63) is 35.4 Å². The first-order valence-electron chi connectivity index (χ1n) is 6.90. The molecule has 1 aromatic carbocycles. The maximum Gasteiger partial charge on any atom is 0.176 e. The largest absolute Gasteiger partial charge is 0.293 e. The quantitative estimate of drug-likeness (QED) is 0.762. The highest BCUT2D eigenvalue weighted by molar-refractivity contribution is 5.97. The van der Waals surface area contributed by atoms with E-state index in [9.17, 15) is 4.79 Å². The van der Waals surface area contributed by atoms with Crippen LogP contribution in [0.5, 0.6) is 0 Å². The lowest BCUT2D eigenvalue weighted by Crippen LogP contribution is -2.43. The van der Waals surface area contributed by atoms with Crippen LogP contribution in [0.3, 0.4) is 0 Å². The van der Waals surface area contributed by atoms with Gasteiger partial charge in [0.25, 0.3) is 0 Å². The summed E-state index contributed by atoms with van der Waals surface area (Å²) in [6.07, 6.45) is 2.42. The second kappa shape index (κ2) is 5.66. The Bertz CT molecular complexity index is 410. The Morgan fingerprint density at radius 2 is 1.94 bits per heavy atom. The normalized spacial score (nSPS) is 25.1. The molecule has 1 aliphatic rings. The van der Waals surface area contributed by atoms with Gasteiger partial charge in [-0.2, -0.15) is 0 Å². The minimum absolute atomic E-state index is 0.247. The zero-order valence-electron chi connectivity index (χ0n) is 11.6. The van der Waals surface area contributed by atoms with Crippen LogP contribution in [-0.2, 0) is 0 Å². The third kappa shape index (κ3) is 3.20. The predicted molar refractivity (Wildman–Crippen MR) is 74.9 cm³/mol. The molecule has 2 nitrogen and oxygen atoms in total. The number of rotatable bonds is 3. The number of aryl methyl sites for hydroxylation is 1. The summed E-state index contributed by atoms with van der Waals surface area (Å²) < 4.78 is 0. The topological polar surface area (TPSA) is 20.3 Å². The fraction of sp³-hybridized carbons (Fsp3) is 0.562. The minimum atomic E-state index is 0.247. The van der Waals surface area contributed by atoms with Crippen molar-refractivity contribution in [2.24, 2.45) is 5.92 Å². The first kappa shape index (κ1) is 13.3. The molecule has 0 aromatic heterocycles. The van der Waals surface area contributed by atoms with E-state index in [0.717, 1.165) is 18.0 Å². The number of hydrogen-bond donors (Lipinski definition) is 0. The highest BCUT2D eigenvalue weighted by Crippen LogP contribution is 2.22. The SMILES string of the molecule is Cc1ccc(C(=O)CN2CCC(C)CC2C)cc1. The van der Waals surface area contributed by atoms with Crippen LogP contribution in [0.25, 0.3) is 0 Å². The molecule has 0 radical (unpaired) electrons. The van der Waals surface area contributed by atoms with Gasteiger partial charge in [-0.3, -0.25) is 9.69 Å². The lowest BCUT2D eigenvalue weighted by atomic mass is 9.93. The highest BCUT2D eigenvalue weighted by atomic mass is 16.1. The standard InChI is InChI=1S/C16H23NO/c1-12-4-6-15(7-5-12)16(18)11-17-9-8-13(2)10-14(17)3/h4-7,13-14H,8-11H2,1-3H3. The number of benzene rings is 1. The van der Waals surface area contributed by atoms with E-state index in [2.05, 4.69) is 18.7 Å². The zero-order chi connectivity index (χ0) is 13.1. The van der Waals surface area contributed by atoms with Crippen LogP contribution < -0.4 is 0 Å². The Morgan fingerprint density at radius 1 is 1.28 bits per heavy atom. The molecule has 0 aliphatic carbocycles. The molecule has 1 fully saturated rings. The number of hydrogen-bond acceptors (Lipinski definition) is 2. The molecule has 0 saturated carbocycles. The third-order valence-corrected chi connectivity index (χ3v) is 4.00. The zero-order valence-corrected chi connectivity index (χ0v) is 11.6. The van der Waals surface area contributed by atoms with Crippen LogP contribution in [0.1, 0.15) is 42.6 Å². The molecular formula is C16H23NO. The minimum Gasteiger partial charge on any atom is -0.293 e. The average Bonchev–Trinajstić information content (AvgIpc) is 2.33. The van der Waals surface area contributed by atoms with Gasteiger partial charge < -0.3 is 0 Å². The van der Waals surface area contributed by atoms with Gasteiger partial charge in [-0.25, -0.2) is 0 Å². The molecular weight excluding hydrogens is 222 g/mol. The Kier molecular flexibility index (Phi) is 4.18. The van der Waals surface area contributed by atoms with E-state index in [0.29, 0.717) is 12.6 Å². The van der Waals surface area contributed by atoms with Crippen molar-refractivity contribution < 1.29 is 4.79 Å². The van der Waals surface area contributed by atoms with Gasteiger partial charge in [0.15, 0.2) is 5.78 Å². The summed E-state index contributed by atoms with van der Waals surface area (Å²) in [6.45, 7) is 8.20. The molecule has 2 heteroatoms. The molecule has 0 spiro atoms. The fourth-order valence-corrected chi connectivity index (χ4v) is 2.71. The Balaban J connectivity index is 1.97. The molecule has 2 rings (SSSR count). The van der Waals surface area contributed by atoms with E-state index in [1.54, 1.807) is 0 Å². The summed E-state index contributed by atoms with van der Waals surface area (Å²) >= 11 is 0. The van der Waals surface area contributed by atoms with Crippen molar-refractivity contribution in [3.8, 4) is 0 Å². The van der Waals surface area contributed by atoms with E-state index < -0.39 is 0 Å². The molecule has 2 atom stereocenters. The summed E-state index contributed by atoms with van der Waals surface area (Å²) in [6, 6.07) is 8.43. The lowest BCUT2D eigenvalue weighted by Gasteiger charge is -2.35. The number of piperidine rings is 1. The van der Waals surface area contributed by atoms with E-state index in [-0.39, 0.29) is 5.78 Å². The molecule has 0 N–H and O–H groups in total. The maximum atomic E-state index is 12.2. The monoisotopic (exact) mass is 245 g/mol. The van der Waals surface area contributed by atoms with Crippen LogP contribution in [0.4, 0.5) is 0 Å². The molecule has 0 amide bonds. The second-order valence-corrected chi connectivity index (χ2v) is 5.74. The van der Waals surface area contributed by atoms with Crippen molar-refractivity contribution in [2.45, 2.75) is 39.7 Å². The Hall–Kier alpha value is -1.15. The van der Waals surface area contributed by atoms with Crippen molar-refractivity contribution >= 4 is 5.78 Å². The van der Waals surface area contributed by atoms with Crippen molar-refractivity contribution in [3.63, 3.8) is 0 Å². The smallest absolute Gasteiger partial charge is 0.176 e. The fourth-order valence-electron chi connectivity index (χ4n) is 2.71. The number of carbonyl (C=O) groups is 1. The van der Waals surface area contributed by atoms with Gasteiger partial charge in [-0.05, 0) is 39.2 Å². The number of ketones is 1. The van der Waals surface area contributed by atoms with Crippen LogP contribution >= 0.6 is 0 Å². The number of nitrogens with zero attached hydrogens (tertiary/aromatic N) is 1. The molecule has 0 bridgehead atoms. The van der Waals surface area contributed by atoms with Gasteiger partial charge in [0, 0.05) is 11.6 Å². The van der Waals surface area contributed by atoms with E-state index in [1.807, 2.05) is 31.2 Å². The van der Waals surface area contributed by atoms with Crippen LogP contribution in [0.2, 0.25) is 0 Å².